The third-order valence-corrected chi connectivity index (χ3v) is 2.63. The Morgan fingerprint density at radius 1 is 1.70 bits per heavy atom. The van der Waals surface area contributed by atoms with Crippen LogP contribution in [0.2, 0.25) is 0 Å². The Balaban J connectivity index is 2.74. The van der Waals surface area contributed by atoms with E-state index >= 15 is 0 Å². The largest absolute Gasteiger partial charge is 0.303 e. The molecule has 10 heavy (non-hydrogen) atoms. The highest BCUT2D eigenvalue weighted by Crippen LogP contribution is 2.41. The standard InChI is InChI=1S/C9H14O/c1-3-8-5-4-6-9(8,2)7-10/h3,7-8H,1,4-6H2,2H3/t8-,9+/m1/s1. The van der Waals surface area contributed by atoms with Crippen molar-refractivity contribution in [2.75, 3.05) is 0 Å². The van der Waals surface area contributed by atoms with Crippen LogP contribution in [0.4, 0.5) is 0 Å². The molecule has 0 aromatic carbocycles. The molecular formula is C9H14O. The van der Waals surface area contributed by atoms with Gasteiger partial charge in [0.25, 0.3) is 0 Å². The zero-order valence-electron chi connectivity index (χ0n) is 6.47. The first-order chi connectivity index (χ1) is 4.73. The molecule has 0 spiro atoms. The van der Waals surface area contributed by atoms with Gasteiger partial charge in [0.15, 0.2) is 0 Å². The number of hydrogen-bond acceptors (Lipinski definition) is 1. The van der Waals surface area contributed by atoms with Crippen molar-refractivity contribution in [3.8, 4) is 0 Å². The van der Waals surface area contributed by atoms with E-state index in [1.54, 1.807) is 0 Å². The third-order valence-electron chi connectivity index (χ3n) is 2.63. The molecule has 0 aromatic heterocycles. The molecule has 0 radical (unpaired) electrons. The second-order valence-corrected chi connectivity index (χ2v) is 3.36. The lowest BCUT2D eigenvalue weighted by atomic mass is 9.81. The smallest absolute Gasteiger partial charge is 0.126 e. The van der Waals surface area contributed by atoms with E-state index in [2.05, 4.69) is 6.58 Å². The number of rotatable bonds is 2. The van der Waals surface area contributed by atoms with Gasteiger partial charge < -0.3 is 4.79 Å². The first-order valence-electron chi connectivity index (χ1n) is 3.82. The monoisotopic (exact) mass is 138 g/mol. The van der Waals surface area contributed by atoms with Gasteiger partial charge in [-0.1, -0.05) is 19.4 Å². The molecule has 1 aliphatic carbocycles. The Hall–Kier alpha value is -0.590. The van der Waals surface area contributed by atoms with Crippen molar-refractivity contribution in [3.05, 3.63) is 12.7 Å². The summed E-state index contributed by atoms with van der Waals surface area (Å²) >= 11 is 0. The van der Waals surface area contributed by atoms with E-state index in [1.807, 2.05) is 13.0 Å². The maximum Gasteiger partial charge on any atom is 0.126 e. The Morgan fingerprint density at radius 2 is 2.40 bits per heavy atom. The number of hydrogen-bond donors (Lipinski definition) is 0. The van der Waals surface area contributed by atoms with Crippen LogP contribution < -0.4 is 0 Å². The van der Waals surface area contributed by atoms with E-state index in [1.165, 1.54) is 6.42 Å². The second-order valence-electron chi connectivity index (χ2n) is 3.36. The van der Waals surface area contributed by atoms with Gasteiger partial charge in [-0.15, -0.1) is 6.58 Å². The summed E-state index contributed by atoms with van der Waals surface area (Å²) in [5.74, 6) is 0.421. The summed E-state index contributed by atoms with van der Waals surface area (Å²) in [6.45, 7) is 5.75. The summed E-state index contributed by atoms with van der Waals surface area (Å²) < 4.78 is 0. The van der Waals surface area contributed by atoms with Crippen molar-refractivity contribution in [1.29, 1.82) is 0 Å². The molecule has 56 valence electrons. The first-order valence-corrected chi connectivity index (χ1v) is 3.82. The predicted molar refractivity (Wildman–Crippen MR) is 41.7 cm³/mol. The van der Waals surface area contributed by atoms with Gasteiger partial charge in [-0.05, 0) is 18.8 Å². The zero-order chi connectivity index (χ0) is 7.61. The minimum absolute atomic E-state index is 0.0955. The maximum atomic E-state index is 10.7. The van der Waals surface area contributed by atoms with Crippen LogP contribution in [-0.2, 0) is 4.79 Å². The molecule has 1 nitrogen and oxygen atoms in total. The molecular weight excluding hydrogens is 124 g/mol. The Labute approximate surface area is 62.1 Å². The molecule has 1 aliphatic rings. The average Bonchev–Trinajstić information content (AvgIpc) is 2.32. The highest BCUT2D eigenvalue weighted by Gasteiger charge is 2.36. The van der Waals surface area contributed by atoms with Crippen LogP contribution >= 0.6 is 0 Å². The molecule has 0 aromatic rings. The summed E-state index contributed by atoms with van der Waals surface area (Å²) in [4.78, 5) is 10.7. The lowest BCUT2D eigenvalue weighted by molar-refractivity contribution is -0.116. The van der Waals surface area contributed by atoms with Crippen LogP contribution in [0, 0.1) is 11.3 Å². The van der Waals surface area contributed by atoms with Crippen molar-refractivity contribution >= 4 is 6.29 Å². The van der Waals surface area contributed by atoms with Gasteiger partial charge in [0, 0.05) is 5.41 Å². The van der Waals surface area contributed by atoms with Crippen LogP contribution in [0.1, 0.15) is 26.2 Å². The van der Waals surface area contributed by atoms with Gasteiger partial charge in [-0.2, -0.15) is 0 Å². The Morgan fingerprint density at radius 3 is 2.80 bits per heavy atom. The Bertz CT molecular complexity index is 151. The molecule has 1 rings (SSSR count). The minimum atomic E-state index is -0.0955. The van der Waals surface area contributed by atoms with E-state index in [4.69, 9.17) is 0 Å². The van der Waals surface area contributed by atoms with Gasteiger partial charge in [0.1, 0.15) is 6.29 Å². The molecule has 1 fully saturated rings. The number of carbonyl (C=O) groups is 1. The predicted octanol–water partition coefficient (Wildman–Crippen LogP) is 2.18. The SMILES string of the molecule is C=C[C@@H]1CCC[C@@]1(C)C=O. The molecule has 0 bridgehead atoms. The van der Waals surface area contributed by atoms with Gasteiger partial charge in [-0.25, -0.2) is 0 Å². The van der Waals surface area contributed by atoms with E-state index in [9.17, 15) is 4.79 Å². The van der Waals surface area contributed by atoms with Crippen molar-refractivity contribution in [2.24, 2.45) is 11.3 Å². The summed E-state index contributed by atoms with van der Waals surface area (Å²) in [7, 11) is 0. The summed E-state index contributed by atoms with van der Waals surface area (Å²) in [5.41, 5.74) is -0.0955. The molecule has 2 atom stereocenters. The Kier molecular flexibility index (Phi) is 1.93. The highest BCUT2D eigenvalue weighted by molar-refractivity contribution is 5.60. The van der Waals surface area contributed by atoms with Gasteiger partial charge >= 0.3 is 0 Å². The van der Waals surface area contributed by atoms with Gasteiger partial charge in [0.2, 0.25) is 0 Å². The normalized spacial score (nSPS) is 39.5. The summed E-state index contributed by atoms with van der Waals surface area (Å²) in [5, 5.41) is 0. The molecule has 0 amide bonds. The van der Waals surface area contributed by atoms with Gasteiger partial charge in [0.05, 0.1) is 0 Å². The number of allylic oxidation sites excluding steroid dienone is 1. The fourth-order valence-electron chi connectivity index (χ4n) is 1.75. The summed E-state index contributed by atoms with van der Waals surface area (Å²) in [6, 6.07) is 0. The van der Waals surface area contributed by atoms with Crippen LogP contribution in [0.25, 0.3) is 0 Å². The number of carbonyl (C=O) groups excluding carboxylic acids is 1. The van der Waals surface area contributed by atoms with Crippen molar-refractivity contribution < 1.29 is 4.79 Å². The minimum Gasteiger partial charge on any atom is -0.303 e. The second kappa shape index (κ2) is 2.57. The maximum absolute atomic E-state index is 10.7. The topological polar surface area (TPSA) is 17.1 Å². The quantitative estimate of drug-likeness (QED) is 0.422. The van der Waals surface area contributed by atoms with E-state index in [0.717, 1.165) is 19.1 Å². The van der Waals surface area contributed by atoms with Gasteiger partial charge in [-0.3, -0.25) is 0 Å². The molecule has 0 saturated heterocycles. The molecule has 0 unspecified atom stereocenters. The molecule has 0 heterocycles. The van der Waals surface area contributed by atoms with E-state index < -0.39 is 0 Å². The van der Waals surface area contributed by atoms with Crippen LogP contribution in [0.3, 0.4) is 0 Å². The van der Waals surface area contributed by atoms with E-state index in [-0.39, 0.29) is 5.41 Å². The van der Waals surface area contributed by atoms with Crippen molar-refractivity contribution in [1.82, 2.24) is 0 Å². The van der Waals surface area contributed by atoms with Crippen LogP contribution in [0.5, 0.6) is 0 Å². The van der Waals surface area contributed by atoms with Crippen LogP contribution in [-0.4, -0.2) is 6.29 Å². The zero-order valence-corrected chi connectivity index (χ0v) is 6.47. The molecule has 0 N–H and O–H groups in total. The molecule has 0 aliphatic heterocycles. The highest BCUT2D eigenvalue weighted by atomic mass is 16.1. The van der Waals surface area contributed by atoms with Crippen molar-refractivity contribution in [3.63, 3.8) is 0 Å². The lowest BCUT2D eigenvalue weighted by Gasteiger charge is -2.21. The molecule has 1 heteroatoms. The van der Waals surface area contributed by atoms with E-state index in [0.29, 0.717) is 5.92 Å². The fraction of sp³-hybridized carbons (Fsp3) is 0.667. The summed E-state index contributed by atoms with van der Waals surface area (Å²) in [6.07, 6.45) is 6.35. The lowest BCUT2D eigenvalue weighted by Crippen LogP contribution is -2.21. The molecule has 1 saturated carbocycles. The third kappa shape index (κ3) is 1.00. The first kappa shape index (κ1) is 7.52. The fourth-order valence-corrected chi connectivity index (χ4v) is 1.75. The van der Waals surface area contributed by atoms with Crippen molar-refractivity contribution in [2.45, 2.75) is 26.2 Å². The number of aldehydes is 1. The average molecular weight is 138 g/mol. The van der Waals surface area contributed by atoms with Crippen LogP contribution in [0.15, 0.2) is 12.7 Å².